The van der Waals surface area contributed by atoms with E-state index < -0.39 is 0 Å². The Kier molecular flexibility index (Phi) is 3.94. The summed E-state index contributed by atoms with van der Waals surface area (Å²) in [7, 11) is 0. The van der Waals surface area contributed by atoms with Gasteiger partial charge in [-0.15, -0.1) is 0 Å². The molecule has 3 N–H and O–H groups in total. The number of aryl methyl sites for hydroxylation is 1. The largest absolute Gasteiger partial charge is 0.359 e. The van der Waals surface area contributed by atoms with Crippen molar-refractivity contribution in [3.8, 4) is 0 Å². The summed E-state index contributed by atoms with van der Waals surface area (Å²) in [6.45, 7) is 2.02. The summed E-state index contributed by atoms with van der Waals surface area (Å²) in [5, 5.41) is 9.42. The summed E-state index contributed by atoms with van der Waals surface area (Å²) in [6.07, 6.45) is 1.95. The lowest BCUT2D eigenvalue weighted by Gasteiger charge is -2.17. The van der Waals surface area contributed by atoms with Gasteiger partial charge in [-0.25, -0.2) is 0 Å². The van der Waals surface area contributed by atoms with Crippen molar-refractivity contribution in [2.24, 2.45) is 0 Å². The molecule has 24 heavy (non-hydrogen) atoms. The van der Waals surface area contributed by atoms with Gasteiger partial charge in [0.1, 0.15) is 0 Å². The van der Waals surface area contributed by atoms with Gasteiger partial charge in [0.05, 0.1) is 0 Å². The molecule has 1 aliphatic rings. The van der Waals surface area contributed by atoms with Gasteiger partial charge in [-0.05, 0) is 61.0 Å². The first-order chi connectivity index (χ1) is 11.6. The number of para-hydroxylation sites is 1. The Labute approximate surface area is 151 Å². The van der Waals surface area contributed by atoms with Crippen LogP contribution < -0.4 is 10.6 Å². The van der Waals surface area contributed by atoms with Crippen LogP contribution in [0.15, 0.2) is 42.5 Å². The minimum absolute atomic E-state index is 0.323. The van der Waals surface area contributed by atoms with Crippen LogP contribution in [0.4, 0.5) is 5.69 Å². The Balaban J connectivity index is 1.44. The van der Waals surface area contributed by atoms with Gasteiger partial charge in [-0.1, -0.05) is 29.8 Å². The second-order valence-electron chi connectivity index (χ2n) is 6.29. The maximum atomic E-state index is 6.00. The molecule has 1 atom stereocenters. The van der Waals surface area contributed by atoms with E-state index in [0.29, 0.717) is 11.2 Å². The van der Waals surface area contributed by atoms with E-state index in [2.05, 4.69) is 39.9 Å². The summed E-state index contributed by atoms with van der Waals surface area (Å²) in [5.41, 5.74) is 6.01. The highest BCUT2D eigenvalue weighted by Crippen LogP contribution is 2.30. The number of aromatic amines is 1. The normalized spacial score (nSPS) is 16.2. The van der Waals surface area contributed by atoms with Crippen molar-refractivity contribution >= 4 is 45.5 Å². The highest BCUT2D eigenvalue weighted by atomic mass is 35.5. The molecule has 5 heteroatoms. The maximum absolute atomic E-state index is 6.00. The summed E-state index contributed by atoms with van der Waals surface area (Å²) >= 11 is 11.5. The fraction of sp³-hybridized carbons (Fsp3) is 0.211. The fourth-order valence-corrected chi connectivity index (χ4v) is 3.94. The van der Waals surface area contributed by atoms with Crippen LogP contribution in [0.2, 0.25) is 5.02 Å². The van der Waals surface area contributed by atoms with Crippen LogP contribution in [0.25, 0.3) is 10.9 Å². The third kappa shape index (κ3) is 2.87. The third-order valence-corrected chi connectivity index (χ3v) is 5.03. The average molecular weight is 356 g/mol. The fourth-order valence-electron chi connectivity index (χ4n) is 3.44. The number of hydrogen-bond donors (Lipinski definition) is 3. The molecule has 0 saturated carbocycles. The van der Waals surface area contributed by atoms with E-state index in [1.165, 1.54) is 22.2 Å². The van der Waals surface area contributed by atoms with Crippen LogP contribution in [-0.4, -0.2) is 16.1 Å². The molecule has 0 bridgehead atoms. The van der Waals surface area contributed by atoms with Crippen molar-refractivity contribution in [3.05, 3.63) is 64.3 Å². The van der Waals surface area contributed by atoms with Gasteiger partial charge >= 0.3 is 0 Å². The molecule has 1 aromatic heterocycles. The zero-order chi connectivity index (χ0) is 16.7. The quantitative estimate of drug-likeness (QED) is 0.589. The molecule has 0 saturated heterocycles. The minimum atomic E-state index is 0.323. The maximum Gasteiger partial charge on any atom is 0.171 e. The lowest BCUT2D eigenvalue weighted by molar-refractivity contribution is 0.644. The molecule has 1 unspecified atom stereocenters. The topological polar surface area (TPSA) is 39.8 Å². The first kappa shape index (κ1) is 15.5. The first-order valence-electron chi connectivity index (χ1n) is 8.02. The van der Waals surface area contributed by atoms with Crippen LogP contribution in [0, 0.1) is 6.92 Å². The molecular formula is C19H18ClN3S. The number of hydrogen-bond acceptors (Lipinski definition) is 1. The highest BCUT2D eigenvalue weighted by Gasteiger charge is 2.25. The van der Waals surface area contributed by atoms with Crippen LogP contribution in [0.3, 0.4) is 0 Å². The SMILES string of the molecule is Cc1cc(Cl)ccc1NC(=S)NC1Cc2[nH]c3ccccc3c2C1. The van der Waals surface area contributed by atoms with Crippen LogP contribution in [0.1, 0.15) is 16.8 Å². The third-order valence-electron chi connectivity index (χ3n) is 4.57. The number of rotatable bonds is 2. The number of thiocarbonyl (C=S) groups is 1. The standard InChI is InChI=1S/C19H18ClN3S/c1-11-8-12(20)6-7-16(11)23-19(24)21-13-9-15-14-4-2-3-5-17(14)22-18(15)10-13/h2-8,13,22H,9-10H2,1H3,(H2,21,23,24). The number of nitrogens with one attached hydrogen (secondary N) is 3. The van der Waals surface area contributed by atoms with Gasteiger partial charge in [0.25, 0.3) is 0 Å². The molecule has 2 aromatic carbocycles. The summed E-state index contributed by atoms with van der Waals surface area (Å²) in [4.78, 5) is 3.53. The van der Waals surface area contributed by atoms with Gasteiger partial charge in [-0.3, -0.25) is 0 Å². The monoisotopic (exact) mass is 355 g/mol. The van der Waals surface area contributed by atoms with E-state index in [0.717, 1.165) is 29.1 Å². The zero-order valence-corrected chi connectivity index (χ0v) is 14.9. The van der Waals surface area contributed by atoms with E-state index in [1.807, 2.05) is 25.1 Å². The molecule has 4 rings (SSSR count). The van der Waals surface area contributed by atoms with Gasteiger partial charge in [0.15, 0.2) is 5.11 Å². The molecule has 3 aromatic rings. The van der Waals surface area contributed by atoms with Gasteiger partial charge in [0.2, 0.25) is 0 Å². The van der Waals surface area contributed by atoms with Crippen LogP contribution in [0.5, 0.6) is 0 Å². The van der Waals surface area contributed by atoms with Crippen LogP contribution in [-0.2, 0) is 12.8 Å². The van der Waals surface area contributed by atoms with Crippen LogP contribution >= 0.6 is 23.8 Å². The lowest BCUT2D eigenvalue weighted by atomic mass is 10.1. The Bertz CT molecular complexity index is 932. The van der Waals surface area contributed by atoms with E-state index >= 15 is 0 Å². The van der Waals surface area contributed by atoms with E-state index in [-0.39, 0.29) is 0 Å². The summed E-state index contributed by atoms with van der Waals surface area (Å²) in [5.74, 6) is 0. The summed E-state index contributed by atoms with van der Waals surface area (Å²) in [6, 6.07) is 14.5. The van der Waals surface area contributed by atoms with E-state index in [9.17, 15) is 0 Å². The van der Waals surface area contributed by atoms with Crippen molar-refractivity contribution in [1.82, 2.24) is 10.3 Å². The van der Waals surface area contributed by atoms with Crippen molar-refractivity contribution in [1.29, 1.82) is 0 Å². The van der Waals surface area contributed by atoms with Crippen molar-refractivity contribution in [2.75, 3.05) is 5.32 Å². The Morgan fingerprint density at radius 1 is 1.21 bits per heavy atom. The minimum Gasteiger partial charge on any atom is -0.359 e. The molecule has 122 valence electrons. The number of halogens is 1. The number of benzene rings is 2. The van der Waals surface area contributed by atoms with E-state index in [4.69, 9.17) is 23.8 Å². The second-order valence-corrected chi connectivity index (χ2v) is 7.14. The highest BCUT2D eigenvalue weighted by molar-refractivity contribution is 7.80. The van der Waals surface area contributed by atoms with Crippen molar-refractivity contribution in [2.45, 2.75) is 25.8 Å². The molecule has 1 heterocycles. The summed E-state index contributed by atoms with van der Waals surface area (Å²) < 4.78 is 0. The lowest BCUT2D eigenvalue weighted by Crippen LogP contribution is -2.38. The zero-order valence-electron chi connectivity index (χ0n) is 13.3. The molecule has 0 amide bonds. The Morgan fingerprint density at radius 2 is 2.04 bits per heavy atom. The molecule has 3 nitrogen and oxygen atoms in total. The number of anilines is 1. The number of H-pyrrole nitrogens is 1. The van der Waals surface area contributed by atoms with Gasteiger partial charge in [0, 0.05) is 39.8 Å². The molecule has 0 spiro atoms. The Hall–Kier alpha value is -2.04. The molecule has 1 aliphatic carbocycles. The predicted molar refractivity (Wildman–Crippen MR) is 105 cm³/mol. The molecule has 0 radical (unpaired) electrons. The van der Waals surface area contributed by atoms with Crippen molar-refractivity contribution in [3.63, 3.8) is 0 Å². The molecular weight excluding hydrogens is 338 g/mol. The van der Waals surface area contributed by atoms with Gasteiger partial charge in [-0.2, -0.15) is 0 Å². The smallest absolute Gasteiger partial charge is 0.171 e. The molecule has 0 fully saturated rings. The van der Waals surface area contributed by atoms with Crippen molar-refractivity contribution < 1.29 is 0 Å². The second kappa shape index (κ2) is 6.11. The Morgan fingerprint density at radius 3 is 2.88 bits per heavy atom. The predicted octanol–water partition coefficient (Wildman–Crippen LogP) is 4.58. The number of aromatic nitrogens is 1. The van der Waals surface area contributed by atoms with E-state index in [1.54, 1.807) is 0 Å². The molecule has 0 aliphatic heterocycles. The first-order valence-corrected chi connectivity index (χ1v) is 8.81. The number of fused-ring (bicyclic) bond motifs is 3. The van der Waals surface area contributed by atoms with Gasteiger partial charge < -0.3 is 15.6 Å². The average Bonchev–Trinajstić information content (AvgIpc) is 3.07.